The first-order valence-electron chi connectivity index (χ1n) is 9.85. The minimum absolute atomic E-state index is 0.0630. The second-order valence-electron chi connectivity index (χ2n) is 7.32. The van der Waals surface area contributed by atoms with E-state index in [1.54, 1.807) is 42.2 Å². The molecule has 0 saturated heterocycles. The number of carbonyl (C=O) groups is 1. The zero-order chi connectivity index (χ0) is 22.0. The molecular weight excluding hydrogens is 423 g/mol. The van der Waals surface area contributed by atoms with Gasteiger partial charge in [0.2, 0.25) is 5.91 Å². The number of benzene rings is 2. The van der Waals surface area contributed by atoms with Crippen molar-refractivity contribution in [2.45, 2.75) is 36.5 Å². The molecule has 2 aromatic carbocycles. The Morgan fingerprint density at radius 2 is 1.71 bits per heavy atom. The van der Waals surface area contributed by atoms with E-state index in [0.29, 0.717) is 18.7 Å². The van der Waals surface area contributed by atoms with Gasteiger partial charge in [0.1, 0.15) is 5.69 Å². The molecule has 31 heavy (non-hydrogen) atoms. The number of aromatic nitrogens is 2. The molecule has 0 fully saturated rings. The van der Waals surface area contributed by atoms with Gasteiger partial charge in [-0.15, -0.1) is 0 Å². The molecule has 0 bridgehead atoms. The average molecular weight is 443 g/mol. The van der Waals surface area contributed by atoms with Crippen molar-refractivity contribution in [3.8, 4) is 11.3 Å². The first-order chi connectivity index (χ1) is 14.8. The van der Waals surface area contributed by atoms with Crippen LogP contribution >= 0.6 is 11.8 Å². The van der Waals surface area contributed by atoms with E-state index in [0.717, 1.165) is 29.8 Å². The van der Waals surface area contributed by atoms with E-state index in [4.69, 9.17) is 0 Å². The third kappa shape index (κ3) is 4.90. The highest BCUT2D eigenvalue weighted by atomic mass is 32.2. The molecule has 0 radical (unpaired) electrons. The maximum atomic E-state index is 13.4. The smallest absolute Gasteiger partial charge is 0.337 e. The Morgan fingerprint density at radius 1 is 1.03 bits per heavy atom. The van der Waals surface area contributed by atoms with E-state index in [2.05, 4.69) is 16.0 Å². The summed E-state index contributed by atoms with van der Waals surface area (Å²) in [6.07, 6.45) is -3.84. The predicted octanol–water partition coefficient (Wildman–Crippen LogP) is 5.23. The van der Waals surface area contributed by atoms with Gasteiger partial charge in [0.05, 0.1) is 10.9 Å². The van der Waals surface area contributed by atoms with Crippen molar-refractivity contribution in [2.75, 3.05) is 6.54 Å². The van der Waals surface area contributed by atoms with Gasteiger partial charge in [0.15, 0.2) is 5.16 Å². The average Bonchev–Trinajstić information content (AvgIpc) is 2.78. The number of carbonyl (C=O) groups excluding carboxylic acids is 1. The van der Waals surface area contributed by atoms with Gasteiger partial charge in [-0.1, -0.05) is 66.4 Å². The van der Waals surface area contributed by atoms with Crippen molar-refractivity contribution >= 4 is 17.7 Å². The van der Waals surface area contributed by atoms with Crippen molar-refractivity contribution < 1.29 is 18.0 Å². The number of hydrogen-bond acceptors (Lipinski definition) is 4. The van der Waals surface area contributed by atoms with Crippen LogP contribution in [-0.4, -0.2) is 32.6 Å². The van der Waals surface area contributed by atoms with Crippen LogP contribution in [0.5, 0.6) is 0 Å². The van der Waals surface area contributed by atoms with E-state index in [9.17, 15) is 18.0 Å². The number of amides is 1. The maximum Gasteiger partial charge on any atom is 0.433 e. The lowest BCUT2D eigenvalue weighted by Gasteiger charge is -2.30. The lowest BCUT2D eigenvalue weighted by molar-refractivity contribution is -0.141. The Bertz CT molecular complexity index is 1090. The van der Waals surface area contributed by atoms with Crippen LogP contribution in [0.15, 0.2) is 65.8 Å². The van der Waals surface area contributed by atoms with Crippen LogP contribution in [-0.2, 0) is 23.9 Å². The molecule has 8 heteroatoms. The first-order valence-corrected chi connectivity index (χ1v) is 10.7. The first kappa shape index (κ1) is 21.4. The fourth-order valence-electron chi connectivity index (χ4n) is 3.53. The van der Waals surface area contributed by atoms with E-state index in [1.165, 1.54) is 5.56 Å². The molecule has 4 nitrogen and oxygen atoms in total. The molecule has 0 aliphatic carbocycles. The number of nitrogens with zero attached hydrogens (tertiary/aromatic N) is 3. The number of alkyl halides is 3. The predicted molar refractivity (Wildman–Crippen MR) is 113 cm³/mol. The molecule has 1 aliphatic rings. The largest absolute Gasteiger partial charge is 0.433 e. The van der Waals surface area contributed by atoms with Crippen LogP contribution in [0.25, 0.3) is 11.3 Å². The molecule has 0 spiro atoms. The minimum Gasteiger partial charge on any atom is -0.337 e. The second-order valence-corrected chi connectivity index (χ2v) is 8.63. The second kappa shape index (κ2) is 8.70. The number of fused-ring (bicyclic) bond motifs is 1. The molecule has 1 aliphatic heterocycles. The quantitative estimate of drug-likeness (QED) is 0.409. The molecule has 1 amide bonds. The van der Waals surface area contributed by atoms with Gasteiger partial charge in [0.25, 0.3) is 0 Å². The molecule has 160 valence electrons. The molecule has 3 aromatic rings. The lowest BCUT2D eigenvalue weighted by Crippen LogP contribution is -2.40. The molecule has 1 atom stereocenters. The van der Waals surface area contributed by atoms with Gasteiger partial charge in [-0.25, -0.2) is 9.97 Å². The van der Waals surface area contributed by atoms with Gasteiger partial charge in [-0.2, -0.15) is 13.2 Å². The van der Waals surface area contributed by atoms with Gasteiger partial charge < -0.3 is 4.90 Å². The monoisotopic (exact) mass is 443 g/mol. The lowest BCUT2D eigenvalue weighted by atomic mass is 10.00. The highest BCUT2D eigenvalue weighted by molar-refractivity contribution is 8.00. The van der Waals surface area contributed by atoms with E-state index in [-0.39, 0.29) is 16.8 Å². The molecular formula is C23H20F3N3OS. The van der Waals surface area contributed by atoms with Crippen molar-refractivity contribution in [3.63, 3.8) is 0 Å². The summed E-state index contributed by atoms with van der Waals surface area (Å²) in [6, 6.07) is 17.5. The summed E-state index contributed by atoms with van der Waals surface area (Å²) in [5.74, 6) is -0.137. The molecule has 0 unspecified atom stereocenters. The Balaban J connectivity index is 1.56. The van der Waals surface area contributed by atoms with Crippen LogP contribution in [0.4, 0.5) is 13.2 Å². The number of hydrogen-bond donors (Lipinski definition) is 0. The molecule has 1 aromatic heterocycles. The molecule has 0 N–H and O–H groups in total. The number of rotatable bonds is 4. The van der Waals surface area contributed by atoms with Crippen LogP contribution in [0.3, 0.4) is 0 Å². The fourth-order valence-corrected chi connectivity index (χ4v) is 4.40. The summed E-state index contributed by atoms with van der Waals surface area (Å²) in [7, 11) is 0. The van der Waals surface area contributed by atoms with E-state index >= 15 is 0 Å². The SMILES string of the molecule is C[C@@H](Sc1nc(-c2ccccc2)cc(C(F)(F)F)n1)C(=O)N1CCc2ccccc2C1. The summed E-state index contributed by atoms with van der Waals surface area (Å²) in [6.45, 7) is 2.76. The summed E-state index contributed by atoms with van der Waals surface area (Å²) >= 11 is 0.952. The zero-order valence-corrected chi connectivity index (χ0v) is 17.6. The zero-order valence-electron chi connectivity index (χ0n) is 16.8. The standard InChI is InChI=1S/C23H20F3N3OS/c1-15(21(30)29-12-11-16-7-5-6-10-18(16)14-29)31-22-27-19(17-8-3-2-4-9-17)13-20(28-22)23(24,25)26/h2-10,13,15H,11-12,14H2,1H3/t15-/m1/s1. The topological polar surface area (TPSA) is 46.1 Å². The summed E-state index contributed by atoms with van der Waals surface area (Å²) in [5, 5.41) is -0.677. The Hall–Kier alpha value is -2.87. The third-order valence-electron chi connectivity index (χ3n) is 5.14. The Morgan fingerprint density at radius 3 is 2.42 bits per heavy atom. The van der Waals surface area contributed by atoms with Gasteiger partial charge in [0, 0.05) is 18.7 Å². The summed E-state index contributed by atoms with van der Waals surface area (Å²) in [5.41, 5.74) is 2.04. The van der Waals surface area contributed by atoms with Crippen molar-refractivity contribution in [3.05, 3.63) is 77.5 Å². The van der Waals surface area contributed by atoms with Crippen molar-refractivity contribution in [1.82, 2.24) is 14.9 Å². The van der Waals surface area contributed by atoms with Gasteiger partial charge in [-0.05, 0) is 30.5 Å². The summed E-state index contributed by atoms with van der Waals surface area (Å²) < 4.78 is 40.2. The van der Waals surface area contributed by atoms with Gasteiger partial charge >= 0.3 is 6.18 Å². The van der Waals surface area contributed by atoms with E-state index in [1.807, 2.05) is 18.2 Å². The van der Waals surface area contributed by atoms with Gasteiger partial charge in [-0.3, -0.25) is 4.79 Å². The number of halogens is 3. The molecule has 4 rings (SSSR count). The highest BCUT2D eigenvalue weighted by Gasteiger charge is 2.34. The molecule has 2 heterocycles. The normalized spacial score (nSPS) is 14.8. The van der Waals surface area contributed by atoms with Crippen LogP contribution in [0.1, 0.15) is 23.7 Å². The Labute approximate surface area is 182 Å². The fraction of sp³-hybridized carbons (Fsp3) is 0.261. The summed E-state index contributed by atoms with van der Waals surface area (Å²) in [4.78, 5) is 22.7. The van der Waals surface area contributed by atoms with Crippen molar-refractivity contribution in [1.29, 1.82) is 0 Å². The highest BCUT2D eigenvalue weighted by Crippen LogP contribution is 2.33. The molecule has 0 saturated carbocycles. The maximum absolute atomic E-state index is 13.4. The van der Waals surface area contributed by atoms with Crippen LogP contribution in [0.2, 0.25) is 0 Å². The third-order valence-corrected chi connectivity index (χ3v) is 6.09. The van der Waals surface area contributed by atoms with Crippen LogP contribution in [0, 0.1) is 0 Å². The van der Waals surface area contributed by atoms with Crippen molar-refractivity contribution in [2.24, 2.45) is 0 Å². The number of thioether (sulfide) groups is 1. The minimum atomic E-state index is -4.61. The van der Waals surface area contributed by atoms with Crippen LogP contribution < -0.4 is 0 Å². The Kier molecular flexibility index (Phi) is 6.00. The van der Waals surface area contributed by atoms with E-state index < -0.39 is 17.1 Å².